The number of aliphatic hydroxyl groups excluding tert-OH is 1. The summed E-state index contributed by atoms with van der Waals surface area (Å²) in [5, 5.41) is 9.44. The zero-order chi connectivity index (χ0) is 10.8. The summed E-state index contributed by atoms with van der Waals surface area (Å²) in [6.07, 6.45) is 4.60. The Kier molecular flexibility index (Phi) is 3.00. The molecule has 1 aromatic carbocycles. The van der Waals surface area contributed by atoms with Crippen molar-refractivity contribution in [1.82, 2.24) is 0 Å². The Labute approximate surface area is 90.7 Å². The molecule has 0 radical (unpaired) electrons. The Bertz CT molecular complexity index is 426. The molecule has 0 spiro atoms. The molecular formula is C11H12O3S. The Morgan fingerprint density at radius 1 is 1.40 bits per heavy atom. The lowest BCUT2D eigenvalue weighted by molar-refractivity contribution is 0.214. The van der Waals surface area contributed by atoms with Gasteiger partial charge in [0.15, 0.2) is 11.1 Å². The van der Waals surface area contributed by atoms with Crippen LogP contribution >= 0.6 is 0 Å². The fourth-order valence-electron chi connectivity index (χ4n) is 1.68. The van der Waals surface area contributed by atoms with E-state index in [2.05, 4.69) is 0 Å². The number of fused-ring (bicyclic) bond motifs is 1. The second-order valence-electron chi connectivity index (χ2n) is 3.57. The predicted molar refractivity (Wildman–Crippen MR) is 58.8 cm³/mol. The summed E-state index contributed by atoms with van der Waals surface area (Å²) < 4.78 is 19.8. The number of rotatable bonds is 1. The molecule has 2 unspecified atom stereocenters. The summed E-state index contributed by atoms with van der Waals surface area (Å²) in [6, 6.07) is 5.20. The number of benzene rings is 1. The smallest absolute Gasteiger partial charge is 0.186 e. The van der Waals surface area contributed by atoms with Gasteiger partial charge in [-0.2, -0.15) is 0 Å². The van der Waals surface area contributed by atoms with Crippen molar-refractivity contribution in [2.75, 3.05) is 0 Å². The first kappa shape index (κ1) is 10.5. The molecule has 2 N–H and O–H groups in total. The molecule has 3 nitrogen and oxygen atoms in total. The van der Waals surface area contributed by atoms with Crippen LogP contribution in [0, 0.1) is 0 Å². The average Bonchev–Trinajstić information content (AvgIpc) is 2.40. The lowest BCUT2D eigenvalue weighted by atomic mass is 10.0. The van der Waals surface area contributed by atoms with Gasteiger partial charge in [0.2, 0.25) is 0 Å². The molecule has 0 heterocycles. The van der Waals surface area contributed by atoms with Crippen LogP contribution in [0.4, 0.5) is 0 Å². The maximum Gasteiger partial charge on any atom is 0.186 e. The van der Waals surface area contributed by atoms with Gasteiger partial charge in [0.05, 0.1) is 11.0 Å². The minimum absolute atomic E-state index is 0.398. The molecule has 0 aliphatic heterocycles. The van der Waals surface area contributed by atoms with E-state index in [9.17, 15) is 9.32 Å². The molecule has 0 bridgehead atoms. The second-order valence-corrected chi connectivity index (χ2v) is 4.54. The molecule has 15 heavy (non-hydrogen) atoms. The van der Waals surface area contributed by atoms with Crippen molar-refractivity contribution in [1.29, 1.82) is 0 Å². The van der Waals surface area contributed by atoms with Crippen LogP contribution in [0.1, 0.15) is 17.5 Å². The summed E-state index contributed by atoms with van der Waals surface area (Å²) in [6.45, 7) is 0. The molecule has 4 heteroatoms. The first-order valence-electron chi connectivity index (χ1n) is 4.77. The Morgan fingerprint density at radius 3 is 2.93 bits per heavy atom. The summed E-state index contributed by atoms with van der Waals surface area (Å²) in [5.41, 5.74) is 2.03. The van der Waals surface area contributed by atoms with Crippen LogP contribution in [0.15, 0.2) is 29.2 Å². The fraction of sp³-hybridized carbons (Fsp3) is 0.273. The lowest BCUT2D eigenvalue weighted by Gasteiger charge is -2.05. The standard InChI is InChI=1S/C11H12O3S/c12-10-4-1-8-3-6-11(15(13)14)7-9(8)2-5-10/h2-3,5-7,10,12H,1,4H2,(H,13,14). The molecule has 1 aromatic rings. The molecule has 1 aliphatic carbocycles. The molecular weight excluding hydrogens is 212 g/mol. The summed E-state index contributed by atoms with van der Waals surface area (Å²) >= 11 is -1.94. The van der Waals surface area contributed by atoms with Gasteiger partial charge in [-0.25, -0.2) is 4.21 Å². The normalized spacial score (nSPS) is 21.9. The highest BCUT2D eigenvalue weighted by Crippen LogP contribution is 2.21. The number of aryl methyl sites for hydroxylation is 1. The van der Waals surface area contributed by atoms with Crippen LogP contribution in [0.3, 0.4) is 0 Å². The third-order valence-electron chi connectivity index (χ3n) is 2.53. The Hall–Kier alpha value is -0.970. The van der Waals surface area contributed by atoms with E-state index < -0.39 is 17.2 Å². The van der Waals surface area contributed by atoms with Crippen molar-refractivity contribution in [2.45, 2.75) is 23.8 Å². The largest absolute Gasteiger partial charge is 0.389 e. The Morgan fingerprint density at radius 2 is 2.20 bits per heavy atom. The van der Waals surface area contributed by atoms with Crippen molar-refractivity contribution in [3.8, 4) is 0 Å². The number of hydrogen-bond acceptors (Lipinski definition) is 2. The highest BCUT2D eigenvalue weighted by Gasteiger charge is 2.10. The highest BCUT2D eigenvalue weighted by molar-refractivity contribution is 7.79. The van der Waals surface area contributed by atoms with Gasteiger partial charge >= 0.3 is 0 Å². The van der Waals surface area contributed by atoms with E-state index in [0.29, 0.717) is 11.3 Å². The maximum absolute atomic E-state index is 10.9. The number of hydrogen-bond donors (Lipinski definition) is 2. The molecule has 0 aromatic heterocycles. The van der Waals surface area contributed by atoms with Crippen LogP contribution in [0.2, 0.25) is 0 Å². The molecule has 80 valence electrons. The fourth-order valence-corrected chi connectivity index (χ4v) is 2.09. The number of aliphatic hydroxyl groups is 1. The Balaban J connectivity index is 2.42. The third kappa shape index (κ3) is 2.34. The molecule has 1 aliphatic rings. The van der Waals surface area contributed by atoms with E-state index in [1.165, 1.54) is 0 Å². The minimum atomic E-state index is -1.94. The van der Waals surface area contributed by atoms with Crippen molar-refractivity contribution in [2.24, 2.45) is 0 Å². The first-order chi connectivity index (χ1) is 7.16. The summed E-state index contributed by atoms with van der Waals surface area (Å²) in [7, 11) is 0. The van der Waals surface area contributed by atoms with Crippen molar-refractivity contribution in [3.63, 3.8) is 0 Å². The third-order valence-corrected chi connectivity index (χ3v) is 3.18. The SMILES string of the molecule is O=S(O)c1ccc2c(c1)C=CC(O)CC2. The summed E-state index contributed by atoms with van der Waals surface area (Å²) in [5.74, 6) is 0. The second kappa shape index (κ2) is 4.26. The zero-order valence-corrected chi connectivity index (χ0v) is 8.91. The average molecular weight is 224 g/mol. The van der Waals surface area contributed by atoms with Crippen molar-refractivity contribution >= 4 is 17.2 Å². The van der Waals surface area contributed by atoms with Gasteiger partial charge in [-0.15, -0.1) is 0 Å². The van der Waals surface area contributed by atoms with Gasteiger partial charge in [0, 0.05) is 0 Å². The molecule has 0 saturated heterocycles. The van der Waals surface area contributed by atoms with E-state index in [0.717, 1.165) is 17.5 Å². The molecule has 2 atom stereocenters. The summed E-state index contributed by atoms with van der Waals surface area (Å²) in [4.78, 5) is 0.398. The topological polar surface area (TPSA) is 57.5 Å². The predicted octanol–water partition coefficient (Wildman–Crippen LogP) is 1.59. The molecule has 2 rings (SSSR count). The molecule has 0 saturated carbocycles. The molecule has 0 amide bonds. The van der Waals surface area contributed by atoms with Crippen LogP contribution in [-0.2, 0) is 17.5 Å². The monoisotopic (exact) mass is 224 g/mol. The van der Waals surface area contributed by atoms with Gasteiger partial charge < -0.3 is 9.66 Å². The van der Waals surface area contributed by atoms with Crippen LogP contribution in [-0.4, -0.2) is 20.0 Å². The van der Waals surface area contributed by atoms with Gasteiger partial charge in [0.1, 0.15) is 0 Å². The van der Waals surface area contributed by atoms with Crippen LogP contribution in [0.5, 0.6) is 0 Å². The van der Waals surface area contributed by atoms with Gasteiger partial charge in [-0.1, -0.05) is 18.2 Å². The van der Waals surface area contributed by atoms with E-state index in [-0.39, 0.29) is 0 Å². The van der Waals surface area contributed by atoms with E-state index in [1.54, 1.807) is 18.2 Å². The maximum atomic E-state index is 10.9. The van der Waals surface area contributed by atoms with E-state index >= 15 is 0 Å². The van der Waals surface area contributed by atoms with E-state index in [1.807, 2.05) is 12.1 Å². The van der Waals surface area contributed by atoms with Crippen molar-refractivity contribution in [3.05, 3.63) is 35.4 Å². The quantitative estimate of drug-likeness (QED) is 0.712. The van der Waals surface area contributed by atoms with Crippen LogP contribution < -0.4 is 0 Å². The minimum Gasteiger partial charge on any atom is -0.389 e. The lowest BCUT2D eigenvalue weighted by Crippen LogP contribution is -2.01. The van der Waals surface area contributed by atoms with Crippen LogP contribution in [0.25, 0.3) is 6.08 Å². The molecule has 0 fully saturated rings. The van der Waals surface area contributed by atoms with Gasteiger partial charge in [-0.3, -0.25) is 0 Å². The highest BCUT2D eigenvalue weighted by atomic mass is 32.2. The van der Waals surface area contributed by atoms with Gasteiger partial charge in [-0.05, 0) is 36.1 Å². The first-order valence-corrected chi connectivity index (χ1v) is 5.87. The zero-order valence-electron chi connectivity index (χ0n) is 8.09. The van der Waals surface area contributed by atoms with E-state index in [4.69, 9.17) is 4.55 Å². The van der Waals surface area contributed by atoms with Crippen molar-refractivity contribution < 1.29 is 13.9 Å². The van der Waals surface area contributed by atoms with Gasteiger partial charge in [0.25, 0.3) is 0 Å².